The molecule has 2 N–H and O–H groups in total. The van der Waals surface area contributed by atoms with Gasteiger partial charge in [0.25, 0.3) is 0 Å². The van der Waals surface area contributed by atoms with Crippen LogP contribution in [0.15, 0.2) is 24.5 Å². The summed E-state index contributed by atoms with van der Waals surface area (Å²) in [6.45, 7) is 7.17. The van der Waals surface area contributed by atoms with E-state index in [0.29, 0.717) is 12.8 Å². The zero-order valence-electron chi connectivity index (χ0n) is 17.8. The van der Waals surface area contributed by atoms with Crippen molar-refractivity contribution in [2.75, 3.05) is 7.11 Å². The molecule has 2 rings (SSSR count). The number of aliphatic hydroxyl groups excluding tert-OH is 2. The molecule has 7 heteroatoms. The van der Waals surface area contributed by atoms with E-state index in [1.807, 2.05) is 6.92 Å². The molecule has 5 nitrogen and oxygen atoms in total. The molecule has 1 unspecified atom stereocenters. The van der Waals surface area contributed by atoms with Gasteiger partial charge in [0.1, 0.15) is 6.10 Å². The maximum absolute atomic E-state index is 15.3. The lowest BCUT2D eigenvalue weighted by Gasteiger charge is -2.34. The number of halogens is 2. The van der Waals surface area contributed by atoms with Crippen LogP contribution in [0.4, 0.5) is 8.78 Å². The number of hydrogen-bond acceptors (Lipinski definition) is 5. The molecule has 0 amide bonds. The normalized spacial score (nSPS) is 31.1. The number of esters is 1. The number of methoxy groups -OCH3 is 1. The largest absolute Gasteiger partial charge is 0.488 e. The average molecular weight is 427 g/mol. The molecule has 0 bridgehead atoms. The van der Waals surface area contributed by atoms with Gasteiger partial charge in [-0.15, -0.1) is 12.5 Å². The van der Waals surface area contributed by atoms with E-state index in [4.69, 9.17) is 4.74 Å². The number of alkyl halides is 2. The first-order valence-corrected chi connectivity index (χ1v) is 10.5. The number of rotatable bonds is 8. The Morgan fingerprint density at radius 3 is 2.80 bits per heavy atom. The number of carbonyl (C=O) groups is 1. The van der Waals surface area contributed by atoms with Crippen molar-refractivity contribution in [2.45, 2.75) is 70.2 Å². The third-order valence-corrected chi connectivity index (χ3v) is 6.11. The fraction of sp³-hybridized carbons (Fsp3) is 0.696. The van der Waals surface area contributed by atoms with Gasteiger partial charge in [-0.3, -0.25) is 4.79 Å². The van der Waals surface area contributed by atoms with E-state index in [0.717, 1.165) is 0 Å². The highest BCUT2D eigenvalue weighted by molar-refractivity contribution is 5.69. The Labute approximate surface area is 177 Å². The lowest BCUT2D eigenvalue weighted by atomic mass is 9.72. The van der Waals surface area contributed by atoms with Crippen LogP contribution in [0.2, 0.25) is 0 Å². The van der Waals surface area contributed by atoms with Gasteiger partial charge in [-0.2, -0.15) is 8.78 Å². The number of carbonyl (C=O) groups excluding carboxylic acids is 1. The molecule has 1 saturated carbocycles. The molecular weight excluding hydrogens is 394 g/mol. The Balaban J connectivity index is 2.26. The zero-order valence-corrected chi connectivity index (χ0v) is 17.8. The smallest absolute Gasteiger partial charge is 0.310 e. The van der Waals surface area contributed by atoms with Crippen LogP contribution in [0.3, 0.4) is 0 Å². The van der Waals surface area contributed by atoms with Gasteiger partial charge in [-0.1, -0.05) is 25.8 Å². The van der Waals surface area contributed by atoms with Crippen LogP contribution in [0.25, 0.3) is 0 Å². The van der Waals surface area contributed by atoms with Crippen LogP contribution >= 0.6 is 0 Å². The number of aliphatic hydroxyl groups is 2. The summed E-state index contributed by atoms with van der Waals surface area (Å²) < 4.78 is 40.8. The predicted octanol–water partition coefficient (Wildman–Crippen LogP) is 3.46. The summed E-state index contributed by atoms with van der Waals surface area (Å²) in [7, 11) is 1.28. The second-order valence-corrected chi connectivity index (χ2v) is 8.01. The summed E-state index contributed by atoms with van der Waals surface area (Å²) in [6.07, 6.45) is 1.38. The minimum atomic E-state index is -3.26. The van der Waals surface area contributed by atoms with E-state index in [1.54, 1.807) is 6.92 Å². The highest BCUT2D eigenvalue weighted by Gasteiger charge is 2.65. The highest BCUT2D eigenvalue weighted by Crippen LogP contribution is 2.56. The fourth-order valence-corrected chi connectivity index (χ4v) is 4.49. The third-order valence-electron chi connectivity index (χ3n) is 6.11. The van der Waals surface area contributed by atoms with Crippen molar-refractivity contribution in [3.05, 3.63) is 24.5 Å². The molecule has 0 spiro atoms. The molecule has 1 aliphatic heterocycles. The van der Waals surface area contributed by atoms with Crippen molar-refractivity contribution in [1.82, 2.24) is 0 Å². The fourth-order valence-electron chi connectivity index (χ4n) is 4.49. The maximum atomic E-state index is 15.3. The Kier molecular flexibility index (Phi) is 8.45. The standard InChI is InChI=1S/C23H32F2O5/c1-5-7-10-15(14(3)16(26)6-2)21-17(27)13-18-22(21)23(24,25)19(30-18)11-8-9-12-20(28)29-4/h6,11,14-18,21-22,26-27H,2,5,8-9,12-13H2,1,3-4H3/t14-,15?,16+,17+,18-,21-,22-/m0/s1. The van der Waals surface area contributed by atoms with E-state index in [1.165, 1.54) is 19.3 Å². The summed E-state index contributed by atoms with van der Waals surface area (Å²) in [6, 6.07) is 0. The highest BCUT2D eigenvalue weighted by atomic mass is 19.3. The number of allylic oxidation sites excluding steroid dienone is 2. The molecule has 1 aliphatic carbocycles. The van der Waals surface area contributed by atoms with Gasteiger partial charge in [0, 0.05) is 31.1 Å². The molecule has 1 heterocycles. The number of hydrogen-bond donors (Lipinski definition) is 2. The van der Waals surface area contributed by atoms with Gasteiger partial charge in [-0.05, 0) is 24.8 Å². The molecule has 7 atom stereocenters. The number of fused-ring (bicyclic) bond motifs is 1. The minimum Gasteiger partial charge on any atom is -0.488 e. The molecule has 1 saturated heterocycles. The van der Waals surface area contributed by atoms with Crippen molar-refractivity contribution in [1.29, 1.82) is 0 Å². The van der Waals surface area contributed by atoms with Crippen LogP contribution in [0.1, 0.15) is 46.0 Å². The quantitative estimate of drug-likeness (QED) is 0.269. The van der Waals surface area contributed by atoms with E-state index in [-0.39, 0.29) is 25.2 Å². The van der Waals surface area contributed by atoms with Gasteiger partial charge >= 0.3 is 11.9 Å². The van der Waals surface area contributed by atoms with Crippen molar-refractivity contribution in [3.63, 3.8) is 0 Å². The van der Waals surface area contributed by atoms with Crippen LogP contribution in [0.5, 0.6) is 0 Å². The summed E-state index contributed by atoms with van der Waals surface area (Å²) in [5, 5.41) is 20.9. The van der Waals surface area contributed by atoms with E-state index >= 15 is 8.78 Å². The zero-order chi connectivity index (χ0) is 22.5. The van der Waals surface area contributed by atoms with Crippen LogP contribution in [-0.4, -0.2) is 47.5 Å². The second-order valence-electron chi connectivity index (χ2n) is 8.01. The van der Waals surface area contributed by atoms with Gasteiger partial charge in [0.15, 0.2) is 5.76 Å². The first-order valence-electron chi connectivity index (χ1n) is 10.5. The second kappa shape index (κ2) is 10.4. The molecule has 0 aromatic heterocycles. The Morgan fingerprint density at radius 1 is 1.50 bits per heavy atom. The maximum Gasteiger partial charge on any atom is 0.310 e. The molecule has 0 aromatic carbocycles. The minimum absolute atomic E-state index is 0.0889. The summed E-state index contributed by atoms with van der Waals surface area (Å²) >= 11 is 0. The summed E-state index contributed by atoms with van der Waals surface area (Å²) in [5.74, 6) is -1.27. The average Bonchev–Trinajstić information content (AvgIpc) is 3.17. The van der Waals surface area contributed by atoms with Crippen LogP contribution < -0.4 is 0 Å². The SMILES string of the molecule is C=C[C@@H](O)[C@@H](C)C(C#CCC)[C@@H]1[C@@H]2[C@H](C[C@H]1O)OC(=CCCCC(=O)OC)C2(F)F. The van der Waals surface area contributed by atoms with Gasteiger partial charge < -0.3 is 19.7 Å². The predicted molar refractivity (Wildman–Crippen MR) is 108 cm³/mol. The van der Waals surface area contributed by atoms with E-state index in [2.05, 4.69) is 23.2 Å². The Morgan fingerprint density at radius 2 is 2.20 bits per heavy atom. The molecule has 168 valence electrons. The number of ether oxygens (including phenoxy) is 2. The first-order chi connectivity index (χ1) is 14.2. The van der Waals surface area contributed by atoms with Gasteiger partial charge in [-0.25, -0.2) is 0 Å². The van der Waals surface area contributed by atoms with Crippen molar-refractivity contribution in [2.24, 2.45) is 23.7 Å². The van der Waals surface area contributed by atoms with Crippen molar-refractivity contribution < 1.29 is 33.3 Å². The first kappa shape index (κ1) is 24.4. The number of unbranched alkanes of at least 4 members (excludes halogenated alkanes) is 1. The molecule has 30 heavy (non-hydrogen) atoms. The topological polar surface area (TPSA) is 76.0 Å². The van der Waals surface area contributed by atoms with Crippen molar-refractivity contribution in [3.8, 4) is 11.8 Å². The van der Waals surface area contributed by atoms with Gasteiger partial charge in [0.05, 0.1) is 25.2 Å². The Bertz CT molecular complexity index is 708. The summed E-state index contributed by atoms with van der Waals surface area (Å²) in [4.78, 5) is 11.2. The van der Waals surface area contributed by atoms with E-state index in [9.17, 15) is 15.0 Å². The summed E-state index contributed by atoms with van der Waals surface area (Å²) in [5.41, 5.74) is 0. The van der Waals surface area contributed by atoms with Crippen LogP contribution in [-0.2, 0) is 14.3 Å². The van der Waals surface area contributed by atoms with Gasteiger partial charge in [0.2, 0.25) is 0 Å². The van der Waals surface area contributed by atoms with Crippen molar-refractivity contribution >= 4 is 5.97 Å². The van der Waals surface area contributed by atoms with Crippen LogP contribution in [0, 0.1) is 35.5 Å². The molecule has 2 fully saturated rings. The molecule has 2 aliphatic rings. The molecular formula is C23H32F2O5. The lowest BCUT2D eigenvalue weighted by Crippen LogP contribution is -2.41. The van der Waals surface area contributed by atoms with E-state index < -0.39 is 53.7 Å². The molecule has 0 radical (unpaired) electrons. The monoisotopic (exact) mass is 426 g/mol. The Hall–Kier alpha value is -1.91. The third kappa shape index (κ3) is 5.04. The lowest BCUT2D eigenvalue weighted by molar-refractivity contribution is -0.140. The molecule has 0 aromatic rings.